The van der Waals surface area contributed by atoms with Gasteiger partial charge in [0.1, 0.15) is 11.8 Å². The van der Waals surface area contributed by atoms with Crippen molar-refractivity contribution in [2.45, 2.75) is 71.0 Å². The molecule has 1 saturated carbocycles. The number of halogens is 1. The van der Waals surface area contributed by atoms with Crippen molar-refractivity contribution in [3.05, 3.63) is 64.7 Å². The zero-order chi connectivity index (χ0) is 23.1. The number of carbonyl (C=O) groups excluding carboxylic acids is 2. The van der Waals surface area contributed by atoms with E-state index in [4.69, 9.17) is 16.3 Å². The number of benzene rings is 2. The molecule has 2 amide bonds. The lowest BCUT2D eigenvalue weighted by Crippen LogP contribution is -2.50. The molecule has 0 aromatic heterocycles. The molecule has 0 saturated heterocycles. The van der Waals surface area contributed by atoms with Gasteiger partial charge in [-0.1, -0.05) is 62.6 Å². The van der Waals surface area contributed by atoms with E-state index in [9.17, 15) is 9.59 Å². The molecule has 5 nitrogen and oxygen atoms in total. The van der Waals surface area contributed by atoms with Gasteiger partial charge in [0, 0.05) is 17.6 Å². The Labute approximate surface area is 196 Å². The molecule has 1 N–H and O–H groups in total. The molecular weight excluding hydrogens is 424 g/mol. The number of amides is 2. The third-order valence-electron chi connectivity index (χ3n) is 6.04. The zero-order valence-electron chi connectivity index (χ0n) is 19.1. The van der Waals surface area contributed by atoms with Crippen LogP contribution >= 0.6 is 11.6 Å². The second-order valence-electron chi connectivity index (χ2n) is 8.83. The monoisotopic (exact) mass is 456 g/mol. The minimum Gasteiger partial charge on any atom is -0.484 e. The smallest absolute Gasteiger partial charge is 0.261 e. The summed E-state index contributed by atoms with van der Waals surface area (Å²) >= 11 is 6.00. The molecule has 3 rings (SSSR count). The van der Waals surface area contributed by atoms with Crippen molar-refractivity contribution in [1.29, 1.82) is 0 Å². The Bertz CT molecular complexity index is 890. The van der Waals surface area contributed by atoms with Crippen molar-refractivity contribution in [3.63, 3.8) is 0 Å². The van der Waals surface area contributed by atoms with Gasteiger partial charge >= 0.3 is 0 Å². The van der Waals surface area contributed by atoms with E-state index in [0.717, 1.165) is 31.2 Å². The van der Waals surface area contributed by atoms with Gasteiger partial charge in [0.25, 0.3) is 5.91 Å². The van der Waals surface area contributed by atoms with Gasteiger partial charge in [0.05, 0.1) is 0 Å². The van der Waals surface area contributed by atoms with Crippen LogP contribution in [0.3, 0.4) is 0 Å². The van der Waals surface area contributed by atoms with Gasteiger partial charge in [0.15, 0.2) is 6.61 Å². The Balaban J connectivity index is 1.68. The van der Waals surface area contributed by atoms with E-state index in [1.54, 1.807) is 24.0 Å². The summed E-state index contributed by atoms with van der Waals surface area (Å²) in [7, 11) is 0. The fourth-order valence-corrected chi connectivity index (χ4v) is 4.06. The van der Waals surface area contributed by atoms with Crippen molar-refractivity contribution in [3.8, 4) is 5.75 Å². The highest BCUT2D eigenvalue weighted by atomic mass is 35.5. The number of hydrogen-bond acceptors (Lipinski definition) is 3. The zero-order valence-corrected chi connectivity index (χ0v) is 19.9. The second-order valence-corrected chi connectivity index (χ2v) is 9.26. The summed E-state index contributed by atoms with van der Waals surface area (Å²) in [4.78, 5) is 27.6. The molecular formula is C26H33ClN2O3. The van der Waals surface area contributed by atoms with E-state index >= 15 is 0 Å². The number of nitrogens with zero attached hydrogens (tertiary/aromatic N) is 1. The second kappa shape index (κ2) is 11.4. The molecule has 172 valence electrons. The first-order valence-electron chi connectivity index (χ1n) is 11.4. The van der Waals surface area contributed by atoms with Crippen molar-refractivity contribution < 1.29 is 14.3 Å². The lowest BCUT2D eigenvalue weighted by molar-refractivity contribution is -0.142. The third-order valence-corrected chi connectivity index (χ3v) is 6.30. The predicted molar refractivity (Wildman–Crippen MR) is 128 cm³/mol. The maximum Gasteiger partial charge on any atom is 0.261 e. The van der Waals surface area contributed by atoms with Crippen LogP contribution in [0.2, 0.25) is 5.02 Å². The van der Waals surface area contributed by atoms with Crippen LogP contribution in [-0.4, -0.2) is 35.4 Å². The van der Waals surface area contributed by atoms with E-state index in [0.29, 0.717) is 23.2 Å². The van der Waals surface area contributed by atoms with Gasteiger partial charge in [0.2, 0.25) is 5.91 Å². The maximum absolute atomic E-state index is 13.1. The Morgan fingerprint density at radius 3 is 2.25 bits per heavy atom. The summed E-state index contributed by atoms with van der Waals surface area (Å²) in [6.45, 7) is 6.22. The van der Waals surface area contributed by atoms with E-state index in [-0.39, 0.29) is 24.5 Å². The summed E-state index contributed by atoms with van der Waals surface area (Å²) < 4.78 is 5.76. The van der Waals surface area contributed by atoms with Crippen LogP contribution in [0.4, 0.5) is 0 Å². The van der Waals surface area contributed by atoms with Gasteiger partial charge in [-0.3, -0.25) is 9.59 Å². The van der Waals surface area contributed by atoms with Crippen molar-refractivity contribution in [1.82, 2.24) is 10.2 Å². The minimum atomic E-state index is -0.606. The molecule has 1 aliphatic rings. The lowest BCUT2D eigenvalue weighted by Gasteiger charge is -2.29. The number of ether oxygens (including phenoxy) is 1. The average molecular weight is 457 g/mol. The van der Waals surface area contributed by atoms with Gasteiger partial charge < -0.3 is 15.0 Å². The Kier molecular flexibility index (Phi) is 8.57. The summed E-state index contributed by atoms with van der Waals surface area (Å²) in [6.07, 6.45) is 4.27. The Morgan fingerprint density at radius 2 is 1.66 bits per heavy atom. The van der Waals surface area contributed by atoms with Crippen LogP contribution in [0.15, 0.2) is 48.5 Å². The Morgan fingerprint density at radius 1 is 1.03 bits per heavy atom. The quantitative estimate of drug-likeness (QED) is 0.555. The molecule has 1 fully saturated rings. The predicted octanol–water partition coefficient (Wildman–Crippen LogP) is 5.32. The van der Waals surface area contributed by atoms with Crippen LogP contribution in [0.25, 0.3) is 0 Å². The minimum absolute atomic E-state index is 0.125. The van der Waals surface area contributed by atoms with E-state index in [2.05, 4.69) is 19.2 Å². The highest BCUT2D eigenvalue weighted by Crippen LogP contribution is 2.20. The molecule has 0 spiro atoms. The summed E-state index contributed by atoms with van der Waals surface area (Å²) in [5, 5.41) is 3.74. The molecule has 2 aromatic carbocycles. The first-order chi connectivity index (χ1) is 15.3. The molecule has 1 aliphatic carbocycles. The van der Waals surface area contributed by atoms with Gasteiger partial charge in [-0.2, -0.15) is 0 Å². The molecule has 0 heterocycles. The fraction of sp³-hybridized carbons (Fsp3) is 0.462. The maximum atomic E-state index is 13.1. The highest BCUT2D eigenvalue weighted by Gasteiger charge is 2.28. The fourth-order valence-electron chi connectivity index (χ4n) is 3.94. The molecule has 0 unspecified atom stereocenters. The molecule has 32 heavy (non-hydrogen) atoms. The van der Waals surface area contributed by atoms with Crippen LogP contribution in [0.1, 0.15) is 63.5 Å². The first-order valence-corrected chi connectivity index (χ1v) is 11.8. The summed E-state index contributed by atoms with van der Waals surface area (Å²) in [5.41, 5.74) is 2.12. The van der Waals surface area contributed by atoms with Gasteiger partial charge in [-0.15, -0.1) is 0 Å². The molecule has 2 aromatic rings. The van der Waals surface area contributed by atoms with Crippen LogP contribution in [0.5, 0.6) is 5.75 Å². The number of nitrogens with one attached hydrogen (secondary N) is 1. The van der Waals surface area contributed by atoms with Crippen LogP contribution in [-0.2, 0) is 16.1 Å². The number of carbonyl (C=O) groups is 2. The SMILES string of the molecule is CC(C)c1ccc(OCC(=O)N(Cc2ccc(Cl)cc2)[C@@H](C)C(=O)NC2CCCC2)cc1. The van der Waals surface area contributed by atoms with Gasteiger partial charge in [-0.05, 0) is 61.1 Å². The molecule has 0 radical (unpaired) electrons. The first kappa shape index (κ1) is 24.1. The van der Waals surface area contributed by atoms with E-state index < -0.39 is 6.04 Å². The summed E-state index contributed by atoms with van der Waals surface area (Å²) in [6, 6.07) is 14.7. The molecule has 6 heteroatoms. The Hall–Kier alpha value is -2.53. The third kappa shape index (κ3) is 6.73. The van der Waals surface area contributed by atoms with E-state index in [1.807, 2.05) is 36.4 Å². The molecule has 0 aliphatic heterocycles. The largest absolute Gasteiger partial charge is 0.484 e. The van der Waals surface area contributed by atoms with Crippen LogP contribution < -0.4 is 10.1 Å². The van der Waals surface area contributed by atoms with Crippen LogP contribution in [0, 0.1) is 0 Å². The molecule has 1 atom stereocenters. The highest BCUT2D eigenvalue weighted by molar-refractivity contribution is 6.30. The van der Waals surface area contributed by atoms with E-state index in [1.165, 1.54) is 5.56 Å². The number of hydrogen-bond donors (Lipinski definition) is 1. The van der Waals surface area contributed by atoms with Gasteiger partial charge in [-0.25, -0.2) is 0 Å². The number of rotatable bonds is 9. The topological polar surface area (TPSA) is 58.6 Å². The normalized spacial score (nSPS) is 14.9. The average Bonchev–Trinajstić information content (AvgIpc) is 3.30. The standard InChI is InChI=1S/C26H33ClN2O3/c1-18(2)21-10-14-24(15-11-21)32-17-25(30)29(16-20-8-12-22(27)13-9-20)19(3)26(31)28-23-6-4-5-7-23/h8-15,18-19,23H,4-7,16-17H2,1-3H3,(H,28,31)/t19-/m0/s1. The molecule has 0 bridgehead atoms. The van der Waals surface area contributed by atoms with Crippen molar-refractivity contribution in [2.75, 3.05) is 6.61 Å². The lowest BCUT2D eigenvalue weighted by atomic mass is 10.0. The summed E-state index contributed by atoms with van der Waals surface area (Å²) in [5.74, 6) is 0.708. The van der Waals surface area contributed by atoms with Crippen molar-refractivity contribution in [2.24, 2.45) is 0 Å². The van der Waals surface area contributed by atoms with Crippen molar-refractivity contribution >= 4 is 23.4 Å².